The van der Waals surface area contributed by atoms with Crippen molar-refractivity contribution in [3.8, 4) is 5.69 Å². The zero-order valence-corrected chi connectivity index (χ0v) is 10.1. The molecule has 0 N–H and O–H groups in total. The van der Waals surface area contributed by atoms with E-state index in [1.165, 1.54) is 27.7 Å². The number of aryl methyl sites for hydroxylation is 2. The summed E-state index contributed by atoms with van der Waals surface area (Å²) in [7, 11) is 0. The van der Waals surface area contributed by atoms with E-state index >= 15 is 0 Å². The maximum absolute atomic E-state index is 2.24. The minimum atomic E-state index is 1.22. The number of benzene rings is 2. The molecule has 0 saturated heterocycles. The van der Waals surface area contributed by atoms with E-state index in [2.05, 4.69) is 73.1 Å². The zero-order chi connectivity index (χ0) is 11.8. The SMILES string of the molecule is Cc1ccc(-n2ccc3ccc(C)cc32)cc1. The molecule has 0 unspecified atom stereocenters. The molecule has 3 aromatic rings. The van der Waals surface area contributed by atoms with Crippen molar-refractivity contribution in [1.82, 2.24) is 4.57 Å². The molecule has 1 heterocycles. The van der Waals surface area contributed by atoms with Gasteiger partial charge in [-0.15, -0.1) is 0 Å². The quantitative estimate of drug-likeness (QED) is 0.579. The average Bonchev–Trinajstić information content (AvgIpc) is 2.73. The highest BCUT2D eigenvalue weighted by atomic mass is 15.0. The van der Waals surface area contributed by atoms with Crippen molar-refractivity contribution in [1.29, 1.82) is 0 Å². The second-order valence-corrected chi connectivity index (χ2v) is 4.58. The summed E-state index contributed by atoms with van der Waals surface area (Å²) in [5, 5.41) is 1.29. The van der Waals surface area contributed by atoms with Gasteiger partial charge in [0.25, 0.3) is 0 Å². The van der Waals surface area contributed by atoms with Gasteiger partial charge in [0.1, 0.15) is 0 Å². The Bertz CT molecular complexity index is 660. The third-order valence-electron chi connectivity index (χ3n) is 3.16. The third kappa shape index (κ3) is 1.74. The average molecular weight is 221 g/mol. The predicted molar refractivity (Wildman–Crippen MR) is 72.7 cm³/mol. The van der Waals surface area contributed by atoms with Crippen LogP contribution in [-0.4, -0.2) is 4.57 Å². The zero-order valence-electron chi connectivity index (χ0n) is 10.1. The van der Waals surface area contributed by atoms with E-state index in [9.17, 15) is 0 Å². The Morgan fingerprint density at radius 1 is 0.765 bits per heavy atom. The molecule has 0 spiro atoms. The minimum absolute atomic E-state index is 1.22. The summed E-state index contributed by atoms with van der Waals surface area (Å²) in [5.74, 6) is 0. The van der Waals surface area contributed by atoms with Crippen LogP contribution in [0.5, 0.6) is 0 Å². The lowest BCUT2D eigenvalue weighted by Crippen LogP contribution is -1.91. The highest BCUT2D eigenvalue weighted by Gasteiger charge is 2.02. The van der Waals surface area contributed by atoms with Crippen molar-refractivity contribution < 1.29 is 0 Å². The molecule has 1 aromatic heterocycles. The molecule has 0 bridgehead atoms. The fourth-order valence-electron chi connectivity index (χ4n) is 2.17. The van der Waals surface area contributed by atoms with Crippen LogP contribution in [0.15, 0.2) is 54.7 Å². The first kappa shape index (κ1) is 10.2. The molecule has 0 radical (unpaired) electrons. The fourth-order valence-corrected chi connectivity index (χ4v) is 2.17. The van der Waals surface area contributed by atoms with Gasteiger partial charge in [-0.1, -0.05) is 29.8 Å². The Labute approximate surface area is 101 Å². The second kappa shape index (κ2) is 3.77. The van der Waals surface area contributed by atoms with Crippen molar-refractivity contribution in [3.63, 3.8) is 0 Å². The summed E-state index contributed by atoms with van der Waals surface area (Å²) in [5.41, 5.74) is 5.08. The predicted octanol–water partition coefficient (Wildman–Crippen LogP) is 4.25. The van der Waals surface area contributed by atoms with Crippen LogP contribution < -0.4 is 0 Å². The number of aromatic nitrogens is 1. The molecule has 0 amide bonds. The molecule has 1 heteroatoms. The first-order valence-electron chi connectivity index (χ1n) is 5.89. The van der Waals surface area contributed by atoms with Crippen molar-refractivity contribution in [2.75, 3.05) is 0 Å². The van der Waals surface area contributed by atoms with Crippen LogP contribution in [0.25, 0.3) is 16.6 Å². The second-order valence-electron chi connectivity index (χ2n) is 4.58. The van der Waals surface area contributed by atoms with Gasteiger partial charge in [-0.3, -0.25) is 0 Å². The number of rotatable bonds is 1. The normalized spacial score (nSPS) is 10.9. The van der Waals surface area contributed by atoms with E-state index in [0.717, 1.165) is 0 Å². The monoisotopic (exact) mass is 221 g/mol. The Hall–Kier alpha value is -2.02. The number of hydrogen-bond acceptors (Lipinski definition) is 0. The van der Waals surface area contributed by atoms with Crippen molar-refractivity contribution in [3.05, 3.63) is 65.9 Å². The van der Waals surface area contributed by atoms with Crippen molar-refractivity contribution in [2.45, 2.75) is 13.8 Å². The number of hydrogen-bond donors (Lipinski definition) is 0. The Morgan fingerprint density at radius 3 is 2.24 bits per heavy atom. The van der Waals surface area contributed by atoms with Gasteiger partial charge < -0.3 is 4.57 Å². The van der Waals surface area contributed by atoms with Crippen molar-refractivity contribution >= 4 is 10.9 Å². The van der Waals surface area contributed by atoms with E-state index in [-0.39, 0.29) is 0 Å². The number of nitrogens with zero attached hydrogens (tertiary/aromatic N) is 1. The Morgan fingerprint density at radius 2 is 1.47 bits per heavy atom. The maximum atomic E-state index is 2.24. The molecule has 84 valence electrons. The summed E-state index contributed by atoms with van der Waals surface area (Å²) in [4.78, 5) is 0. The molecule has 17 heavy (non-hydrogen) atoms. The first-order valence-corrected chi connectivity index (χ1v) is 5.89. The van der Waals surface area contributed by atoms with Crippen LogP contribution >= 0.6 is 0 Å². The maximum Gasteiger partial charge on any atom is 0.0531 e. The highest BCUT2D eigenvalue weighted by molar-refractivity contribution is 5.82. The van der Waals surface area contributed by atoms with Gasteiger partial charge in [0.05, 0.1) is 5.52 Å². The molecular formula is C16H15N. The van der Waals surface area contributed by atoms with Gasteiger partial charge >= 0.3 is 0 Å². The van der Waals surface area contributed by atoms with Gasteiger partial charge in [0.2, 0.25) is 0 Å². The summed E-state index contributed by atoms with van der Waals surface area (Å²) in [6, 6.07) is 17.4. The van der Waals surface area contributed by atoms with Crippen LogP contribution in [0.3, 0.4) is 0 Å². The first-order chi connectivity index (χ1) is 8.24. The van der Waals surface area contributed by atoms with Crippen LogP contribution in [0, 0.1) is 13.8 Å². The standard InChI is InChI=1S/C16H15N/c1-12-4-7-15(8-5-12)17-10-9-14-6-3-13(2)11-16(14)17/h3-11H,1-2H3. The molecule has 0 atom stereocenters. The molecule has 0 aliphatic heterocycles. The summed E-state index contributed by atoms with van der Waals surface area (Å²) >= 11 is 0. The summed E-state index contributed by atoms with van der Waals surface area (Å²) in [6.07, 6.45) is 2.13. The lowest BCUT2D eigenvalue weighted by molar-refractivity contribution is 1.12. The number of fused-ring (bicyclic) bond motifs is 1. The molecular weight excluding hydrogens is 206 g/mol. The lowest BCUT2D eigenvalue weighted by Gasteiger charge is -2.06. The molecule has 1 nitrogen and oxygen atoms in total. The van der Waals surface area contributed by atoms with Gasteiger partial charge in [-0.2, -0.15) is 0 Å². The Kier molecular flexibility index (Phi) is 2.25. The van der Waals surface area contributed by atoms with Gasteiger partial charge in [-0.05, 0) is 49.1 Å². The summed E-state index contributed by atoms with van der Waals surface area (Å²) < 4.78 is 2.24. The largest absolute Gasteiger partial charge is 0.317 e. The molecule has 2 aromatic carbocycles. The van der Waals surface area contributed by atoms with E-state index in [4.69, 9.17) is 0 Å². The van der Waals surface area contributed by atoms with Crippen LogP contribution in [-0.2, 0) is 0 Å². The van der Waals surface area contributed by atoms with Gasteiger partial charge in [0.15, 0.2) is 0 Å². The van der Waals surface area contributed by atoms with Crippen LogP contribution in [0.4, 0.5) is 0 Å². The van der Waals surface area contributed by atoms with Gasteiger partial charge in [-0.25, -0.2) is 0 Å². The van der Waals surface area contributed by atoms with E-state index in [1.807, 2.05) is 0 Å². The highest BCUT2D eigenvalue weighted by Crippen LogP contribution is 2.21. The molecule has 3 rings (SSSR count). The molecule has 0 fully saturated rings. The minimum Gasteiger partial charge on any atom is -0.317 e. The molecule has 0 aliphatic rings. The molecule has 0 aliphatic carbocycles. The third-order valence-corrected chi connectivity index (χ3v) is 3.16. The van der Waals surface area contributed by atoms with E-state index in [0.29, 0.717) is 0 Å². The fraction of sp³-hybridized carbons (Fsp3) is 0.125. The van der Waals surface area contributed by atoms with Gasteiger partial charge in [0, 0.05) is 11.9 Å². The topological polar surface area (TPSA) is 4.93 Å². The lowest BCUT2D eigenvalue weighted by atomic mass is 10.2. The molecule has 0 saturated carbocycles. The van der Waals surface area contributed by atoms with Crippen molar-refractivity contribution in [2.24, 2.45) is 0 Å². The van der Waals surface area contributed by atoms with E-state index in [1.54, 1.807) is 0 Å². The summed E-state index contributed by atoms with van der Waals surface area (Å²) in [6.45, 7) is 4.24. The van der Waals surface area contributed by atoms with E-state index < -0.39 is 0 Å². The smallest absolute Gasteiger partial charge is 0.0531 e. The van der Waals surface area contributed by atoms with Crippen LogP contribution in [0.1, 0.15) is 11.1 Å². The van der Waals surface area contributed by atoms with Crippen LogP contribution in [0.2, 0.25) is 0 Å². The Balaban J connectivity index is 2.23.